The fourth-order valence-electron chi connectivity index (χ4n) is 4.80. The summed E-state index contributed by atoms with van der Waals surface area (Å²) in [5.74, 6) is -2.54. The van der Waals surface area contributed by atoms with E-state index in [-0.39, 0.29) is 43.8 Å². The van der Waals surface area contributed by atoms with Gasteiger partial charge in [0.25, 0.3) is 5.91 Å². The molecule has 3 atom stereocenters. The summed E-state index contributed by atoms with van der Waals surface area (Å²) in [6.07, 6.45) is 0.452. The molecule has 0 aliphatic rings. The summed E-state index contributed by atoms with van der Waals surface area (Å²) >= 11 is 0. The van der Waals surface area contributed by atoms with Gasteiger partial charge in [0.05, 0.1) is 6.04 Å². The lowest BCUT2D eigenvalue weighted by molar-refractivity contribution is -0.157. The van der Waals surface area contributed by atoms with Crippen molar-refractivity contribution >= 4 is 17.8 Å². The van der Waals surface area contributed by atoms with Crippen LogP contribution in [-0.4, -0.2) is 49.1 Å². The van der Waals surface area contributed by atoms with Gasteiger partial charge in [-0.3, -0.25) is 14.4 Å². The Labute approximate surface area is 263 Å². The minimum absolute atomic E-state index is 0.00602. The molecule has 242 valence electrons. The Kier molecular flexibility index (Phi) is 13.6. The van der Waals surface area contributed by atoms with Crippen LogP contribution in [0.5, 0.6) is 0 Å². The standard InChI is InChI=1S/C35H44F2N4O4/c1-35(2,22-40-31(42)21-28(38)20-26-19-27(36)16-17-29(26)37)23-41-34(44)33(30(39)18-25-12-7-4-8-13-25)45-32(43)15-9-14-24-10-5-3-6-11-24/h3-8,10-13,16-17,19,28,30,33H,9,14-15,18,20-23,38-39H2,1-2H3,(H,40,42)(H,41,44)/t28?,30-,33?/m0/s1. The summed E-state index contributed by atoms with van der Waals surface area (Å²) in [5, 5.41) is 5.63. The van der Waals surface area contributed by atoms with Crippen LogP contribution in [0.25, 0.3) is 0 Å². The van der Waals surface area contributed by atoms with Crippen LogP contribution in [0.3, 0.4) is 0 Å². The minimum atomic E-state index is -1.21. The largest absolute Gasteiger partial charge is 0.451 e. The number of nitrogens with one attached hydrogen (secondary N) is 2. The van der Waals surface area contributed by atoms with Crippen molar-refractivity contribution in [2.24, 2.45) is 16.9 Å². The first-order chi connectivity index (χ1) is 21.4. The molecule has 8 nitrogen and oxygen atoms in total. The molecule has 0 aliphatic carbocycles. The molecule has 0 heterocycles. The van der Waals surface area contributed by atoms with E-state index in [1.165, 1.54) is 0 Å². The van der Waals surface area contributed by atoms with Crippen molar-refractivity contribution in [2.45, 2.75) is 70.6 Å². The first-order valence-electron chi connectivity index (χ1n) is 15.2. The van der Waals surface area contributed by atoms with E-state index in [0.29, 0.717) is 19.3 Å². The molecular formula is C35H44F2N4O4. The van der Waals surface area contributed by atoms with E-state index in [0.717, 1.165) is 29.3 Å². The van der Waals surface area contributed by atoms with Crippen LogP contribution in [0.1, 0.15) is 49.8 Å². The maximum Gasteiger partial charge on any atom is 0.306 e. The normalized spacial score (nSPS) is 13.4. The average Bonchev–Trinajstić information content (AvgIpc) is 3.00. The predicted molar refractivity (Wildman–Crippen MR) is 170 cm³/mol. The number of amides is 2. The highest BCUT2D eigenvalue weighted by molar-refractivity contribution is 5.84. The molecular weight excluding hydrogens is 578 g/mol. The van der Waals surface area contributed by atoms with Gasteiger partial charge < -0.3 is 26.8 Å². The summed E-state index contributed by atoms with van der Waals surface area (Å²) in [5.41, 5.74) is 14.0. The SMILES string of the molecule is CC(C)(CNC(=O)CC(N)Cc1cc(F)ccc1F)CNC(=O)C(OC(=O)CCCc1ccccc1)[C@@H](N)Cc1ccccc1. The number of nitrogens with two attached hydrogens (primary N) is 2. The van der Waals surface area contributed by atoms with Gasteiger partial charge in [-0.15, -0.1) is 0 Å². The third-order valence-corrected chi connectivity index (χ3v) is 7.35. The number of benzene rings is 3. The van der Waals surface area contributed by atoms with E-state index < -0.39 is 47.1 Å². The Hall–Kier alpha value is -4.15. The topological polar surface area (TPSA) is 137 Å². The molecule has 0 saturated carbocycles. The van der Waals surface area contributed by atoms with Crippen molar-refractivity contribution in [3.05, 3.63) is 107 Å². The van der Waals surface area contributed by atoms with Crippen molar-refractivity contribution in [3.8, 4) is 0 Å². The summed E-state index contributed by atoms with van der Waals surface area (Å²) in [6, 6.07) is 20.8. The lowest BCUT2D eigenvalue weighted by Crippen LogP contribution is -2.52. The fraction of sp³-hybridized carbons (Fsp3) is 0.400. The lowest BCUT2D eigenvalue weighted by Gasteiger charge is -2.28. The maximum absolute atomic E-state index is 13.9. The van der Waals surface area contributed by atoms with E-state index in [1.54, 1.807) is 0 Å². The number of carbonyl (C=O) groups is 3. The van der Waals surface area contributed by atoms with E-state index in [4.69, 9.17) is 16.2 Å². The number of ether oxygens (including phenoxy) is 1. The third kappa shape index (κ3) is 12.8. The van der Waals surface area contributed by atoms with E-state index in [1.807, 2.05) is 74.5 Å². The zero-order chi connectivity index (χ0) is 32.8. The van der Waals surface area contributed by atoms with E-state index in [9.17, 15) is 23.2 Å². The number of hydrogen-bond donors (Lipinski definition) is 4. The highest BCUT2D eigenvalue weighted by atomic mass is 19.1. The molecule has 10 heteroatoms. The second-order valence-corrected chi connectivity index (χ2v) is 12.2. The van der Waals surface area contributed by atoms with Gasteiger partial charge in [0.2, 0.25) is 5.91 Å². The lowest BCUT2D eigenvalue weighted by atomic mass is 9.92. The highest BCUT2D eigenvalue weighted by Crippen LogP contribution is 2.16. The van der Waals surface area contributed by atoms with Crippen molar-refractivity contribution in [3.63, 3.8) is 0 Å². The van der Waals surface area contributed by atoms with Crippen LogP contribution in [0.4, 0.5) is 8.78 Å². The number of halogens is 2. The third-order valence-electron chi connectivity index (χ3n) is 7.35. The molecule has 0 aliphatic heterocycles. The molecule has 0 saturated heterocycles. The molecule has 3 aromatic carbocycles. The van der Waals surface area contributed by atoms with Crippen molar-refractivity contribution < 1.29 is 27.9 Å². The second-order valence-electron chi connectivity index (χ2n) is 12.2. The van der Waals surface area contributed by atoms with Gasteiger partial charge in [-0.25, -0.2) is 8.78 Å². The number of hydrogen-bond acceptors (Lipinski definition) is 6. The summed E-state index contributed by atoms with van der Waals surface area (Å²) < 4.78 is 33.0. The average molecular weight is 623 g/mol. The Morgan fingerprint density at radius 1 is 0.844 bits per heavy atom. The molecule has 0 spiro atoms. The Bertz CT molecular complexity index is 1390. The minimum Gasteiger partial charge on any atom is -0.451 e. The number of esters is 1. The van der Waals surface area contributed by atoms with Gasteiger partial charge >= 0.3 is 5.97 Å². The number of carbonyl (C=O) groups excluding carboxylic acids is 3. The zero-order valence-electron chi connectivity index (χ0n) is 25.9. The van der Waals surface area contributed by atoms with Crippen molar-refractivity contribution in [2.75, 3.05) is 13.1 Å². The molecule has 2 unspecified atom stereocenters. The van der Waals surface area contributed by atoms with E-state index in [2.05, 4.69) is 10.6 Å². The van der Waals surface area contributed by atoms with Gasteiger partial charge in [-0.05, 0) is 66.0 Å². The van der Waals surface area contributed by atoms with Gasteiger partial charge in [0.15, 0.2) is 6.10 Å². The summed E-state index contributed by atoms with van der Waals surface area (Å²) in [6.45, 7) is 4.06. The van der Waals surface area contributed by atoms with Crippen LogP contribution in [0, 0.1) is 17.0 Å². The van der Waals surface area contributed by atoms with E-state index >= 15 is 0 Å². The van der Waals surface area contributed by atoms with Crippen LogP contribution >= 0.6 is 0 Å². The van der Waals surface area contributed by atoms with Gasteiger partial charge in [-0.1, -0.05) is 74.5 Å². The molecule has 0 radical (unpaired) electrons. The first-order valence-corrected chi connectivity index (χ1v) is 15.2. The molecule has 0 bridgehead atoms. The molecule has 2 amide bonds. The molecule has 3 aromatic rings. The molecule has 3 rings (SSSR count). The van der Waals surface area contributed by atoms with Crippen molar-refractivity contribution in [1.82, 2.24) is 10.6 Å². The molecule has 0 aromatic heterocycles. The highest BCUT2D eigenvalue weighted by Gasteiger charge is 2.31. The fourth-order valence-corrected chi connectivity index (χ4v) is 4.80. The Balaban J connectivity index is 1.52. The van der Waals surface area contributed by atoms with Crippen LogP contribution in [0.15, 0.2) is 78.9 Å². The van der Waals surface area contributed by atoms with Crippen LogP contribution in [-0.2, 0) is 38.4 Å². The first kappa shape index (κ1) is 35.3. The van der Waals surface area contributed by atoms with Crippen molar-refractivity contribution in [1.29, 1.82) is 0 Å². The van der Waals surface area contributed by atoms with Gasteiger partial charge in [0, 0.05) is 32.0 Å². The Morgan fingerprint density at radius 3 is 2.13 bits per heavy atom. The van der Waals surface area contributed by atoms with Gasteiger partial charge in [0.1, 0.15) is 11.6 Å². The summed E-state index contributed by atoms with van der Waals surface area (Å²) in [7, 11) is 0. The van der Waals surface area contributed by atoms with Crippen LogP contribution in [0.2, 0.25) is 0 Å². The second kappa shape index (κ2) is 17.4. The quantitative estimate of drug-likeness (QED) is 0.168. The number of aryl methyl sites for hydroxylation is 1. The predicted octanol–water partition coefficient (Wildman–Crippen LogP) is 3.99. The van der Waals surface area contributed by atoms with Crippen LogP contribution < -0.4 is 22.1 Å². The Morgan fingerprint density at radius 2 is 1.47 bits per heavy atom. The molecule has 6 N–H and O–H groups in total. The monoisotopic (exact) mass is 622 g/mol. The summed E-state index contributed by atoms with van der Waals surface area (Å²) in [4.78, 5) is 38.6. The molecule has 0 fully saturated rings. The van der Waals surface area contributed by atoms with Gasteiger partial charge in [-0.2, -0.15) is 0 Å². The number of rotatable bonds is 17. The smallest absolute Gasteiger partial charge is 0.306 e. The maximum atomic E-state index is 13.9. The zero-order valence-corrected chi connectivity index (χ0v) is 25.9. The molecule has 45 heavy (non-hydrogen) atoms.